The van der Waals surface area contributed by atoms with E-state index in [2.05, 4.69) is 30.9 Å². The van der Waals surface area contributed by atoms with E-state index in [9.17, 15) is 0 Å². The predicted octanol–water partition coefficient (Wildman–Crippen LogP) is 1.94. The Balaban J connectivity index is 1.91. The van der Waals surface area contributed by atoms with Crippen molar-refractivity contribution in [3.63, 3.8) is 0 Å². The highest BCUT2D eigenvalue weighted by Crippen LogP contribution is 2.31. The Morgan fingerprint density at radius 1 is 1.44 bits per heavy atom. The molecule has 90 valence electrons. The van der Waals surface area contributed by atoms with Gasteiger partial charge < -0.3 is 10.3 Å². The Hall–Kier alpha value is -0.900. The summed E-state index contributed by atoms with van der Waals surface area (Å²) in [7, 11) is 0. The molecule has 1 aliphatic carbocycles. The lowest BCUT2D eigenvalue weighted by molar-refractivity contribution is 0.285. The number of hydrogen-bond donors (Lipinski definition) is 1. The van der Waals surface area contributed by atoms with Gasteiger partial charge in [0, 0.05) is 18.9 Å². The first kappa shape index (κ1) is 11.6. The lowest BCUT2D eigenvalue weighted by Gasteiger charge is -2.25. The van der Waals surface area contributed by atoms with Crippen LogP contribution in [-0.2, 0) is 12.8 Å². The summed E-state index contributed by atoms with van der Waals surface area (Å²) in [4.78, 5) is 4.39. The zero-order valence-corrected chi connectivity index (χ0v) is 10.4. The van der Waals surface area contributed by atoms with E-state index >= 15 is 0 Å². The highest BCUT2D eigenvalue weighted by atomic mass is 16.5. The highest BCUT2D eigenvalue weighted by molar-refractivity contribution is 4.95. The fraction of sp³-hybridized carbons (Fsp3) is 0.833. The van der Waals surface area contributed by atoms with Gasteiger partial charge in [-0.3, -0.25) is 0 Å². The van der Waals surface area contributed by atoms with Crippen LogP contribution in [0.2, 0.25) is 0 Å². The molecule has 1 aromatic rings. The summed E-state index contributed by atoms with van der Waals surface area (Å²) in [6.45, 7) is 6.37. The molecule has 1 unspecified atom stereocenters. The molecule has 1 aliphatic rings. The van der Waals surface area contributed by atoms with Crippen LogP contribution in [0.5, 0.6) is 0 Å². The van der Waals surface area contributed by atoms with E-state index in [1.54, 1.807) is 0 Å². The zero-order chi connectivity index (χ0) is 11.8. The van der Waals surface area contributed by atoms with Gasteiger partial charge in [0.05, 0.1) is 0 Å². The molecule has 4 heteroatoms. The van der Waals surface area contributed by atoms with Gasteiger partial charge in [0.25, 0.3) is 0 Å². The van der Waals surface area contributed by atoms with Gasteiger partial charge in [0.2, 0.25) is 5.89 Å². The molecule has 4 nitrogen and oxygen atoms in total. The second-order valence-electron chi connectivity index (χ2n) is 5.93. The molecular weight excluding hydrogens is 202 g/mol. The Bertz CT molecular complexity index is 349. The Morgan fingerprint density at radius 2 is 2.12 bits per heavy atom. The summed E-state index contributed by atoms with van der Waals surface area (Å²) in [5, 5.41) is 3.99. The third-order valence-corrected chi connectivity index (χ3v) is 3.19. The maximum Gasteiger partial charge on any atom is 0.228 e. The van der Waals surface area contributed by atoms with E-state index in [-0.39, 0.29) is 11.5 Å². The molecule has 16 heavy (non-hydrogen) atoms. The highest BCUT2D eigenvalue weighted by Gasteiger charge is 2.26. The van der Waals surface area contributed by atoms with Crippen LogP contribution in [0.1, 0.15) is 45.3 Å². The molecule has 1 aromatic heterocycles. The summed E-state index contributed by atoms with van der Waals surface area (Å²) >= 11 is 0. The molecule has 0 aliphatic heterocycles. The largest absolute Gasteiger partial charge is 0.339 e. The molecule has 0 radical (unpaired) electrons. The number of nitrogens with two attached hydrogens (primary N) is 1. The fourth-order valence-electron chi connectivity index (χ4n) is 1.53. The first-order chi connectivity index (χ1) is 7.45. The van der Waals surface area contributed by atoms with Crippen molar-refractivity contribution in [2.45, 2.75) is 52.5 Å². The lowest BCUT2D eigenvalue weighted by Crippen LogP contribution is -2.37. The molecule has 0 spiro atoms. The number of rotatable bonds is 4. The summed E-state index contributed by atoms with van der Waals surface area (Å²) in [5.74, 6) is 2.32. The van der Waals surface area contributed by atoms with Gasteiger partial charge in [-0.1, -0.05) is 25.9 Å². The minimum absolute atomic E-state index is 0.0572. The van der Waals surface area contributed by atoms with Crippen molar-refractivity contribution in [1.82, 2.24) is 10.1 Å². The topological polar surface area (TPSA) is 64.9 Å². The maximum atomic E-state index is 6.08. The lowest BCUT2D eigenvalue weighted by atomic mass is 9.85. The second kappa shape index (κ2) is 4.17. The normalized spacial score (nSPS) is 18.8. The van der Waals surface area contributed by atoms with Crippen molar-refractivity contribution < 1.29 is 4.52 Å². The third kappa shape index (κ3) is 3.04. The Morgan fingerprint density at radius 3 is 2.69 bits per heavy atom. The van der Waals surface area contributed by atoms with Crippen molar-refractivity contribution in [1.29, 1.82) is 0 Å². The summed E-state index contributed by atoms with van der Waals surface area (Å²) < 4.78 is 5.22. The van der Waals surface area contributed by atoms with E-state index in [4.69, 9.17) is 10.3 Å². The van der Waals surface area contributed by atoms with Crippen molar-refractivity contribution in [2.75, 3.05) is 0 Å². The first-order valence-corrected chi connectivity index (χ1v) is 6.02. The molecule has 0 saturated heterocycles. The number of nitrogens with zero attached hydrogens (tertiary/aromatic N) is 2. The quantitative estimate of drug-likeness (QED) is 0.847. The van der Waals surface area contributed by atoms with Crippen LogP contribution in [0, 0.1) is 11.3 Å². The molecular formula is C12H21N3O. The van der Waals surface area contributed by atoms with Crippen LogP contribution in [0.25, 0.3) is 0 Å². The minimum atomic E-state index is 0.0572. The third-order valence-electron chi connectivity index (χ3n) is 3.19. The van der Waals surface area contributed by atoms with Crippen LogP contribution in [0.3, 0.4) is 0 Å². The Labute approximate surface area is 96.6 Å². The smallest absolute Gasteiger partial charge is 0.228 e. The van der Waals surface area contributed by atoms with Crippen LogP contribution in [-0.4, -0.2) is 16.2 Å². The molecule has 1 saturated carbocycles. The van der Waals surface area contributed by atoms with Gasteiger partial charge in [-0.05, 0) is 24.2 Å². The van der Waals surface area contributed by atoms with Crippen LogP contribution in [0.15, 0.2) is 4.52 Å². The Kier molecular flexibility index (Phi) is 3.02. The van der Waals surface area contributed by atoms with Gasteiger partial charge in [0.15, 0.2) is 5.82 Å². The molecule has 2 rings (SSSR count). The molecule has 0 aromatic carbocycles. The monoisotopic (exact) mass is 223 g/mol. The average molecular weight is 223 g/mol. The van der Waals surface area contributed by atoms with Gasteiger partial charge in [-0.15, -0.1) is 0 Å². The van der Waals surface area contributed by atoms with Crippen LogP contribution in [0.4, 0.5) is 0 Å². The van der Waals surface area contributed by atoms with Gasteiger partial charge in [0.1, 0.15) is 0 Å². The van der Waals surface area contributed by atoms with E-state index < -0.39 is 0 Å². The van der Waals surface area contributed by atoms with Crippen molar-refractivity contribution >= 4 is 0 Å². The van der Waals surface area contributed by atoms with Crippen molar-refractivity contribution in [2.24, 2.45) is 17.1 Å². The van der Waals surface area contributed by atoms with Crippen molar-refractivity contribution in [3.05, 3.63) is 11.7 Å². The van der Waals surface area contributed by atoms with E-state index in [1.807, 2.05) is 0 Å². The fourth-order valence-corrected chi connectivity index (χ4v) is 1.53. The van der Waals surface area contributed by atoms with Crippen molar-refractivity contribution in [3.8, 4) is 0 Å². The summed E-state index contributed by atoms with van der Waals surface area (Å²) in [6, 6.07) is 0.0572. The average Bonchev–Trinajstić information content (AvgIpc) is 2.85. The summed E-state index contributed by atoms with van der Waals surface area (Å²) in [6.07, 6.45) is 4.26. The van der Waals surface area contributed by atoms with E-state index in [0.717, 1.165) is 18.2 Å². The molecule has 0 amide bonds. The maximum absolute atomic E-state index is 6.08. The molecule has 1 fully saturated rings. The molecule has 0 bridgehead atoms. The molecule has 1 atom stereocenters. The molecule has 1 heterocycles. The summed E-state index contributed by atoms with van der Waals surface area (Å²) in [5.41, 5.74) is 6.15. The number of aromatic nitrogens is 2. The standard InChI is InChI=1S/C12H21N3O/c1-12(2,3)9(13)7-11-14-10(15-16-11)6-8-4-5-8/h8-9H,4-7,13H2,1-3H3. The van der Waals surface area contributed by atoms with E-state index in [1.165, 1.54) is 12.8 Å². The van der Waals surface area contributed by atoms with Crippen LogP contribution >= 0.6 is 0 Å². The minimum Gasteiger partial charge on any atom is -0.339 e. The van der Waals surface area contributed by atoms with Gasteiger partial charge >= 0.3 is 0 Å². The van der Waals surface area contributed by atoms with Gasteiger partial charge in [-0.25, -0.2) is 0 Å². The SMILES string of the molecule is CC(C)(C)C(N)Cc1nc(CC2CC2)no1. The predicted molar refractivity (Wildman–Crippen MR) is 61.9 cm³/mol. The second-order valence-corrected chi connectivity index (χ2v) is 5.93. The molecule has 2 N–H and O–H groups in total. The zero-order valence-electron chi connectivity index (χ0n) is 10.4. The van der Waals surface area contributed by atoms with E-state index in [0.29, 0.717) is 12.3 Å². The van der Waals surface area contributed by atoms with Gasteiger partial charge in [-0.2, -0.15) is 4.98 Å². The number of hydrogen-bond acceptors (Lipinski definition) is 4. The first-order valence-electron chi connectivity index (χ1n) is 6.02. The van der Waals surface area contributed by atoms with Crippen LogP contribution < -0.4 is 5.73 Å².